The summed E-state index contributed by atoms with van der Waals surface area (Å²) in [7, 11) is 0. The van der Waals surface area contributed by atoms with Crippen LogP contribution in [0.1, 0.15) is 46.8 Å². The number of hydrogen-bond acceptors (Lipinski definition) is 4. The van der Waals surface area contributed by atoms with Crippen molar-refractivity contribution in [2.45, 2.75) is 51.3 Å². The van der Waals surface area contributed by atoms with Crippen molar-refractivity contribution in [3.63, 3.8) is 0 Å². The zero-order valence-corrected chi connectivity index (χ0v) is 14.1. The molecule has 1 heterocycles. The van der Waals surface area contributed by atoms with Gasteiger partial charge >= 0.3 is 6.18 Å². The van der Waals surface area contributed by atoms with E-state index < -0.39 is 30.0 Å². The number of thiophene rings is 1. The molecular weight excluding hydrogens is 345 g/mol. The fraction of sp³-hybridized carbons (Fsp3) is 0.600. The maximum Gasteiger partial charge on any atom is 0.417 e. The third-order valence-corrected chi connectivity index (χ3v) is 5.22. The second kappa shape index (κ2) is 6.72. The Morgan fingerprint density at radius 3 is 2.67 bits per heavy atom. The first-order valence-electron chi connectivity index (χ1n) is 7.49. The number of alkyl halides is 3. The number of hydrogen-bond donors (Lipinski definition) is 3. The number of nitrogens with one attached hydrogen (secondary N) is 2. The lowest BCUT2D eigenvalue weighted by Gasteiger charge is -2.25. The third kappa shape index (κ3) is 4.27. The normalized spacial score (nSPS) is 20.0. The minimum Gasteiger partial charge on any atom is -0.380 e. The van der Waals surface area contributed by atoms with Crippen LogP contribution in [0.15, 0.2) is 6.07 Å². The highest BCUT2D eigenvalue weighted by molar-refractivity contribution is 7.14. The summed E-state index contributed by atoms with van der Waals surface area (Å²) in [6.07, 6.45) is -3.29. The molecule has 3 N–H and O–H groups in total. The number of carbonyl (C=O) groups is 2. The maximum atomic E-state index is 12.5. The van der Waals surface area contributed by atoms with Gasteiger partial charge in [0.25, 0.3) is 5.91 Å². The second-order valence-corrected chi connectivity index (χ2v) is 7.49. The molecule has 0 radical (unpaired) electrons. The zero-order chi connectivity index (χ0) is 18.1. The molecule has 2 rings (SSSR count). The average Bonchev–Trinajstić information content (AvgIpc) is 2.86. The van der Waals surface area contributed by atoms with Crippen LogP contribution in [0.3, 0.4) is 0 Å². The average molecular weight is 364 g/mol. The van der Waals surface area contributed by atoms with Gasteiger partial charge in [0.2, 0.25) is 5.91 Å². The van der Waals surface area contributed by atoms with Crippen molar-refractivity contribution in [1.29, 1.82) is 0 Å². The summed E-state index contributed by atoms with van der Waals surface area (Å²) in [5.74, 6) is -1.16. The molecule has 0 spiro atoms. The van der Waals surface area contributed by atoms with Gasteiger partial charge in [0.1, 0.15) is 0 Å². The van der Waals surface area contributed by atoms with Crippen LogP contribution in [0, 0.1) is 5.92 Å². The largest absolute Gasteiger partial charge is 0.417 e. The number of hydrazine groups is 1. The van der Waals surface area contributed by atoms with Gasteiger partial charge in [-0.05, 0) is 43.7 Å². The number of rotatable bonds is 3. The summed E-state index contributed by atoms with van der Waals surface area (Å²) in [5, 5.41) is 9.24. The first-order chi connectivity index (χ1) is 11.0. The van der Waals surface area contributed by atoms with Crippen LogP contribution in [0.25, 0.3) is 0 Å². The standard InChI is InChI=1S/C15H19F3N2O3S/c1-8-3-4-10-9(5-8)6-11(24-10)13(22)20-19-12(21)7-14(2,23)15(16,17)18/h6,8,23H,3-5,7H2,1-2H3,(H,19,21)(H,20,22)/t8-,14-/m0/s1. The van der Waals surface area contributed by atoms with Crippen molar-refractivity contribution in [3.8, 4) is 0 Å². The van der Waals surface area contributed by atoms with Gasteiger partial charge in [0.05, 0.1) is 11.3 Å². The van der Waals surface area contributed by atoms with E-state index >= 15 is 0 Å². The first-order valence-corrected chi connectivity index (χ1v) is 8.31. The summed E-state index contributed by atoms with van der Waals surface area (Å²) in [5.41, 5.74) is 1.95. The SMILES string of the molecule is C[C@H]1CCc2sc(C(=O)NNC(=O)C[C@](C)(O)C(F)(F)F)cc2C1. The molecule has 5 nitrogen and oxygen atoms in total. The summed E-state index contributed by atoms with van der Waals surface area (Å²) in [4.78, 5) is 25.0. The Hall–Kier alpha value is -1.61. The van der Waals surface area contributed by atoms with Gasteiger partial charge in [-0.1, -0.05) is 6.92 Å². The van der Waals surface area contributed by atoms with Gasteiger partial charge in [-0.3, -0.25) is 20.4 Å². The summed E-state index contributed by atoms with van der Waals surface area (Å²) in [6.45, 7) is 2.63. The molecule has 0 saturated heterocycles. The maximum absolute atomic E-state index is 12.5. The topological polar surface area (TPSA) is 78.4 Å². The van der Waals surface area contributed by atoms with Crippen LogP contribution in [0.4, 0.5) is 13.2 Å². The number of aliphatic hydroxyl groups is 1. The third-order valence-electron chi connectivity index (χ3n) is 3.98. The van der Waals surface area contributed by atoms with Gasteiger partial charge in [-0.25, -0.2) is 0 Å². The molecule has 134 valence electrons. The van der Waals surface area contributed by atoms with Gasteiger partial charge in [0, 0.05) is 4.88 Å². The van der Waals surface area contributed by atoms with Crippen molar-refractivity contribution < 1.29 is 27.9 Å². The predicted octanol–water partition coefficient (Wildman–Crippen LogP) is 2.34. The molecular formula is C15H19F3N2O3S. The van der Waals surface area contributed by atoms with E-state index in [1.54, 1.807) is 6.07 Å². The first kappa shape index (κ1) is 18.7. The highest BCUT2D eigenvalue weighted by Crippen LogP contribution is 2.33. The Kier molecular flexibility index (Phi) is 5.24. The molecule has 0 bridgehead atoms. The lowest BCUT2D eigenvalue weighted by atomic mass is 9.90. The molecule has 1 aromatic heterocycles. The lowest BCUT2D eigenvalue weighted by Crippen LogP contribution is -2.49. The van der Waals surface area contributed by atoms with E-state index in [2.05, 4.69) is 12.3 Å². The molecule has 0 aliphatic heterocycles. The van der Waals surface area contributed by atoms with Gasteiger partial charge in [-0.2, -0.15) is 13.2 Å². The molecule has 24 heavy (non-hydrogen) atoms. The fourth-order valence-corrected chi connectivity index (χ4v) is 3.57. The van der Waals surface area contributed by atoms with Crippen LogP contribution < -0.4 is 10.9 Å². The number of carbonyl (C=O) groups excluding carboxylic acids is 2. The van der Waals surface area contributed by atoms with E-state index in [0.717, 1.165) is 29.7 Å². The number of halogens is 3. The Morgan fingerprint density at radius 2 is 2.04 bits per heavy atom. The summed E-state index contributed by atoms with van der Waals surface area (Å²) < 4.78 is 37.5. The van der Waals surface area contributed by atoms with Gasteiger partial charge in [-0.15, -0.1) is 11.3 Å². The van der Waals surface area contributed by atoms with E-state index in [0.29, 0.717) is 17.7 Å². The minimum atomic E-state index is -4.93. The van der Waals surface area contributed by atoms with E-state index in [9.17, 15) is 27.9 Å². The van der Waals surface area contributed by atoms with Gasteiger partial charge < -0.3 is 5.11 Å². The molecule has 9 heteroatoms. The van der Waals surface area contributed by atoms with Crippen molar-refractivity contribution in [3.05, 3.63) is 21.4 Å². The lowest BCUT2D eigenvalue weighted by molar-refractivity contribution is -0.253. The van der Waals surface area contributed by atoms with Crippen LogP contribution in [0.5, 0.6) is 0 Å². The molecule has 1 aliphatic rings. The monoisotopic (exact) mass is 364 g/mol. The van der Waals surface area contributed by atoms with E-state index in [4.69, 9.17) is 0 Å². The zero-order valence-electron chi connectivity index (χ0n) is 13.3. The van der Waals surface area contributed by atoms with E-state index in [-0.39, 0.29) is 0 Å². The van der Waals surface area contributed by atoms with Crippen molar-refractivity contribution in [2.75, 3.05) is 0 Å². The molecule has 0 unspecified atom stereocenters. The Balaban J connectivity index is 1.91. The quantitative estimate of drug-likeness (QED) is 0.721. The highest BCUT2D eigenvalue weighted by Gasteiger charge is 2.51. The Labute approximate surface area is 141 Å². The van der Waals surface area contributed by atoms with Crippen molar-refractivity contribution >= 4 is 23.2 Å². The number of fused-ring (bicyclic) bond motifs is 1. The second-order valence-electron chi connectivity index (χ2n) is 6.36. The molecule has 0 saturated carbocycles. The van der Waals surface area contributed by atoms with E-state index in [1.165, 1.54) is 11.3 Å². The van der Waals surface area contributed by atoms with Crippen molar-refractivity contribution in [1.82, 2.24) is 10.9 Å². The minimum absolute atomic E-state index is 0.400. The smallest absolute Gasteiger partial charge is 0.380 e. The van der Waals surface area contributed by atoms with Crippen molar-refractivity contribution in [2.24, 2.45) is 5.92 Å². The molecule has 2 amide bonds. The van der Waals surface area contributed by atoms with Crippen LogP contribution in [0.2, 0.25) is 0 Å². The predicted molar refractivity (Wildman–Crippen MR) is 82.4 cm³/mol. The van der Waals surface area contributed by atoms with E-state index in [1.807, 2.05) is 5.43 Å². The van der Waals surface area contributed by atoms with Crippen LogP contribution >= 0.6 is 11.3 Å². The Morgan fingerprint density at radius 1 is 1.38 bits per heavy atom. The Bertz CT molecular complexity index is 640. The number of amides is 2. The summed E-state index contributed by atoms with van der Waals surface area (Å²) >= 11 is 1.32. The molecule has 0 aromatic carbocycles. The highest BCUT2D eigenvalue weighted by atomic mass is 32.1. The molecule has 1 aromatic rings. The molecule has 1 aliphatic carbocycles. The van der Waals surface area contributed by atoms with Gasteiger partial charge in [0.15, 0.2) is 5.60 Å². The van der Waals surface area contributed by atoms with Crippen LogP contribution in [-0.2, 0) is 17.6 Å². The summed E-state index contributed by atoms with van der Waals surface area (Å²) in [6, 6.07) is 1.75. The molecule has 0 fully saturated rings. The number of aryl methyl sites for hydroxylation is 1. The fourth-order valence-electron chi connectivity index (χ4n) is 2.46. The van der Waals surface area contributed by atoms with Crippen LogP contribution in [-0.4, -0.2) is 28.7 Å². The molecule has 2 atom stereocenters.